The number of benzene rings is 2. The van der Waals surface area contributed by atoms with Crippen molar-refractivity contribution in [2.24, 2.45) is 7.05 Å². The Labute approximate surface area is 138 Å². The van der Waals surface area contributed by atoms with Crippen molar-refractivity contribution >= 4 is 34.3 Å². The first-order valence-electron chi connectivity index (χ1n) is 7.22. The monoisotopic (exact) mass is 328 g/mol. The smallest absolute Gasteiger partial charge is 0.272 e. The molecule has 23 heavy (non-hydrogen) atoms. The van der Waals surface area contributed by atoms with E-state index in [1.165, 1.54) is 12.1 Å². The van der Waals surface area contributed by atoms with E-state index in [0.29, 0.717) is 11.2 Å². The molecule has 1 heterocycles. The molecule has 0 bridgehead atoms. The molecule has 0 saturated heterocycles. The van der Waals surface area contributed by atoms with Crippen molar-refractivity contribution in [1.29, 1.82) is 0 Å². The van der Waals surface area contributed by atoms with Crippen molar-refractivity contribution in [1.82, 2.24) is 4.57 Å². The average molecular weight is 328 g/mol. The highest BCUT2D eigenvalue weighted by atomic mass is 32.2. The summed E-state index contributed by atoms with van der Waals surface area (Å²) in [4.78, 5) is 12.5. The lowest BCUT2D eigenvalue weighted by molar-refractivity contribution is 0.102. The Morgan fingerprint density at radius 1 is 1.22 bits per heavy atom. The van der Waals surface area contributed by atoms with Crippen LogP contribution in [0.5, 0.6) is 0 Å². The number of anilines is 1. The summed E-state index contributed by atoms with van der Waals surface area (Å²) in [7, 11) is 1.76. The lowest BCUT2D eigenvalue weighted by atomic mass is 10.2. The summed E-state index contributed by atoms with van der Waals surface area (Å²) in [5.41, 5.74) is 3.12. The predicted octanol–water partition coefficient (Wildman–Crippen LogP) is 4.43. The van der Waals surface area contributed by atoms with Crippen LogP contribution in [0.1, 0.15) is 16.1 Å². The molecule has 3 aromatic rings. The number of hydrogen-bond acceptors (Lipinski definition) is 2. The molecule has 1 amide bonds. The Morgan fingerprint density at radius 3 is 2.83 bits per heavy atom. The SMILES string of the molecule is CSCc1cccc(NC(=O)c2cc3ccc(F)cc3n2C)c1. The number of halogens is 1. The summed E-state index contributed by atoms with van der Waals surface area (Å²) in [5, 5.41) is 3.75. The maximum atomic E-state index is 13.4. The van der Waals surface area contributed by atoms with Crippen LogP contribution in [0.2, 0.25) is 0 Å². The second kappa shape index (κ2) is 6.46. The molecule has 2 aromatic carbocycles. The summed E-state index contributed by atoms with van der Waals surface area (Å²) >= 11 is 1.73. The molecule has 0 unspecified atom stereocenters. The third-order valence-electron chi connectivity index (χ3n) is 3.74. The zero-order chi connectivity index (χ0) is 16.4. The van der Waals surface area contributed by atoms with Gasteiger partial charge in [0.1, 0.15) is 11.5 Å². The molecule has 0 fully saturated rings. The van der Waals surface area contributed by atoms with Gasteiger partial charge in [0.25, 0.3) is 5.91 Å². The second-order valence-electron chi connectivity index (χ2n) is 5.38. The molecule has 5 heteroatoms. The van der Waals surface area contributed by atoms with E-state index in [9.17, 15) is 9.18 Å². The molecule has 0 aliphatic heterocycles. The molecule has 0 radical (unpaired) electrons. The lowest BCUT2D eigenvalue weighted by Gasteiger charge is -2.08. The van der Waals surface area contributed by atoms with Crippen LogP contribution in [-0.2, 0) is 12.8 Å². The van der Waals surface area contributed by atoms with E-state index >= 15 is 0 Å². The van der Waals surface area contributed by atoms with Crippen molar-refractivity contribution in [3.63, 3.8) is 0 Å². The van der Waals surface area contributed by atoms with Crippen LogP contribution in [0.15, 0.2) is 48.5 Å². The number of aromatic nitrogens is 1. The number of nitrogens with one attached hydrogen (secondary N) is 1. The number of thioether (sulfide) groups is 1. The highest BCUT2D eigenvalue weighted by Gasteiger charge is 2.14. The maximum Gasteiger partial charge on any atom is 0.272 e. The fraction of sp³-hybridized carbons (Fsp3) is 0.167. The van der Waals surface area contributed by atoms with Gasteiger partial charge in [0, 0.05) is 23.9 Å². The second-order valence-corrected chi connectivity index (χ2v) is 6.25. The van der Waals surface area contributed by atoms with Gasteiger partial charge in [-0.05, 0) is 48.2 Å². The van der Waals surface area contributed by atoms with Crippen molar-refractivity contribution in [2.75, 3.05) is 11.6 Å². The fourth-order valence-electron chi connectivity index (χ4n) is 2.62. The van der Waals surface area contributed by atoms with Gasteiger partial charge >= 0.3 is 0 Å². The lowest BCUT2D eigenvalue weighted by Crippen LogP contribution is -2.15. The Kier molecular flexibility index (Phi) is 4.39. The zero-order valence-electron chi connectivity index (χ0n) is 13.0. The molecular weight excluding hydrogens is 311 g/mol. The quantitative estimate of drug-likeness (QED) is 0.768. The Bertz CT molecular complexity index is 873. The van der Waals surface area contributed by atoms with Crippen LogP contribution in [0.4, 0.5) is 10.1 Å². The molecule has 118 valence electrons. The normalized spacial score (nSPS) is 10.9. The summed E-state index contributed by atoms with van der Waals surface area (Å²) in [5.74, 6) is 0.387. The van der Waals surface area contributed by atoms with Gasteiger partial charge in [0.2, 0.25) is 0 Å². The van der Waals surface area contributed by atoms with E-state index in [-0.39, 0.29) is 11.7 Å². The largest absolute Gasteiger partial charge is 0.340 e. The van der Waals surface area contributed by atoms with Gasteiger partial charge in [-0.25, -0.2) is 4.39 Å². The van der Waals surface area contributed by atoms with Gasteiger partial charge in [-0.3, -0.25) is 4.79 Å². The number of carbonyl (C=O) groups is 1. The van der Waals surface area contributed by atoms with Crippen LogP contribution in [0, 0.1) is 5.82 Å². The van der Waals surface area contributed by atoms with Gasteiger partial charge in [-0.1, -0.05) is 12.1 Å². The highest BCUT2D eigenvalue weighted by Crippen LogP contribution is 2.21. The Morgan fingerprint density at radius 2 is 2.04 bits per heavy atom. The first-order valence-corrected chi connectivity index (χ1v) is 8.62. The van der Waals surface area contributed by atoms with E-state index in [2.05, 4.69) is 5.32 Å². The molecule has 1 aromatic heterocycles. The third kappa shape index (κ3) is 3.24. The van der Waals surface area contributed by atoms with Gasteiger partial charge in [-0.2, -0.15) is 11.8 Å². The maximum absolute atomic E-state index is 13.4. The van der Waals surface area contributed by atoms with Crippen molar-refractivity contribution in [2.45, 2.75) is 5.75 Å². The molecule has 0 spiro atoms. The Balaban J connectivity index is 1.89. The standard InChI is InChI=1S/C18H17FN2OS/c1-21-16-10-14(19)7-6-13(16)9-17(21)18(22)20-15-5-3-4-12(8-15)11-23-2/h3-10H,11H2,1-2H3,(H,20,22). The number of fused-ring (bicyclic) bond motifs is 1. The minimum absolute atomic E-state index is 0.203. The summed E-state index contributed by atoms with van der Waals surface area (Å²) in [6.45, 7) is 0. The van der Waals surface area contributed by atoms with Gasteiger partial charge in [0.15, 0.2) is 0 Å². The summed E-state index contributed by atoms with van der Waals surface area (Å²) < 4.78 is 15.1. The van der Waals surface area contributed by atoms with E-state index < -0.39 is 0 Å². The number of hydrogen-bond donors (Lipinski definition) is 1. The van der Waals surface area contributed by atoms with Crippen molar-refractivity contribution < 1.29 is 9.18 Å². The third-order valence-corrected chi connectivity index (χ3v) is 4.36. The molecule has 0 atom stereocenters. The van der Waals surface area contributed by atoms with Crippen molar-refractivity contribution in [3.05, 3.63) is 65.6 Å². The summed E-state index contributed by atoms with van der Waals surface area (Å²) in [6.07, 6.45) is 2.04. The van der Waals surface area contributed by atoms with Crippen LogP contribution < -0.4 is 5.32 Å². The van der Waals surface area contributed by atoms with Crippen LogP contribution in [-0.4, -0.2) is 16.7 Å². The van der Waals surface area contributed by atoms with Gasteiger partial charge in [-0.15, -0.1) is 0 Å². The number of nitrogens with zero attached hydrogens (tertiary/aromatic N) is 1. The van der Waals surface area contributed by atoms with Crippen LogP contribution >= 0.6 is 11.8 Å². The fourth-order valence-corrected chi connectivity index (χ4v) is 3.13. The minimum atomic E-state index is -0.310. The number of carbonyl (C=O) groups excluding carboxylic acids is 1. The molecule has 0 saturated carbocycles. The highest BCUT2D eigenvalue weighted by molar-refractivity contribution is 7.97. The van der Waals surface area contributed by atoms with E-state index in [4.69, 9.17) is 0 Å². The van der Waals surface area contributed by atoms with Crippen LogP contribution in [0.25, 0.3) is 10.9 Å². The molecular formula is C18H17FN2OS. The first-order chi connectivity index (χ1) is 11.1. The number of rotatable bonds is 4. The van der Waals surface area contributed by atoms with E-state index in [1.807, 2.05) is 30.5 Å². The molecule has 0 aliphatic rings. The topological polar surface area (TPSA) is 34.0 Å². The Hall–Kier alpha value is -2.27. The molecule has 3 rings (SSSR count). The van der Waals surface area contributed by atoms with Gasteiger partial charge < -0.3 is 9.88 Å². The van der Waals surface area contributed by atoms with Crippen molar-refractivity contribution in [3.8, 4) is 0 Å². The molecule has 1 N–H and O–H groups in total. The zero-order valence-corrected chi connectivity index (χ0v) is 13.8. The number of aryl methyl sites for hydroxylation is 1. The summed E-state index contributed by atoms with van der Waals surface area (Å²) in [6, 6.07) is 14.1. The number of amides is 1. The first kappa shape index (κ1) is 15.6. The molecule has 3 nitrogen and oxygen atoms in total. The predicted molar refractivity (Wildman–Crippen MR) is 94.5 cm³/mol. The molecule has 0 aliphatic carbocycles. The van der Waals surface area contributed by atoms with Crippen LogP contribution in [0.3, 0.4) is 0 Å². The van der Waals surface area contributed by atoms with Gasteiger partial charge in [0.05, 0.1) is 5.52 Å². The minimum Gasteiger partial charge on any atom is -0.340 e. The van der Waals surface area contributed by atoms with E-state index in [0.717, 1.165) is 22.4 Å². The average Bonchev–Trinajstić information content (AvgIpc) is 2.85. The van der Waals surface area contributed by atoms with E-state index in [1.54, 1.807) is 35.5 Å².